The predicted molar refractivity (Wildman–Crippen MR) is 116 cm³/mol. The van der Waals surface area contributed by atoms with Gasteiger partial charge in [0.25, 0.3) is 0 Å². The van der Waals surface area contributed by atoms with Gasteiger partial charge in [0.1, 0.15) is 17.0 Å². The van der Waals surface area contributed by atoms with Crippen LogP contribution in [0, 0.1) is 19.7 Å². The lowest BCUT2D eigenvalue weighted by Gasteiger charge is -2.36. The minimum atomic E-state index is -0.373. The van der Waals surface area contributed by atoms with Crippen LogP contribution in [0.5, 0.6) is 5.75 Å². The summed E-state index contributed by atoms with van der Waals surface area (Å²) in [6.45, 7) is 8.03. The fourth-order valence-electron chi connectivity index (χ4n) is 4.24. The van der Waals surface area contributed by atoms with Crippen LogP contribution in [0.2, 0.25) is 0 Å². The third-order valence-electron chi connectivity index (χ3n) is 5.87. The molecule has 0 amide bonds. The SMILES string of the molecule is CCOc1ccc(-n2nc3c(N4CCC[C@H](N(C)C)C4)nnc(C)c3c2C)c(F)c1. The maximum atomic E-state index is 14.9. The van der Waals surface area contributed by atoms with E-state index in [2.05, 4.69) is 34.1 Å². The Morgan fingerprint density at radius 2 is 2.03 bits per heavy atom. The van der Waals surface area contributed by atoms with Gasteiger partial charge in [0.2, 0.25) is 0 Å². The van der Waals surface area contributed by atoms with Crippen molar-refractivity contribution in [1.82, 2.24) is 24.9 Å². The quantitative estimate of drug-likeness (QED) is 0.639. The second-order valence-corrected chi connectivity index (χ2v) is 8.08. The summed E-state index contributed by atoms with van der Waals surface area (Å²) in [5, 5.41) is 14.6. The first kappa shape index (κ1) is 20.5. The van der Waals surface area contributed by atoms with E-state index in [9.17, 15) is 4.39 Å². The topological polar surface area (TPSA) is 59.3 Å². The highest BCUT2D eigenvalue weighted by atomic mass is 19.1. The number of fused-ring (bicyclic) bond motifs is 1. The van der Waals surface area contributed by atoms with Gasteiger partial charge in [-0.05, 0) is 59.8 Å². The molecule has 0 aliphatic carbocycles. The van der Waals surface area contributed by atoms with E-state index in [-0.39, 0.29) is 5.82 Å². The van der Waals surface area contributed by atoms with Crippen LogP contribution < -0.4 is 9.64 Å². The molecule has 0 N–H and O–H groups in total. The maximum Gasteiger partial charge on any atom is 0.179 e. The normalized spacial score (nSPS) is 17.2. The number of halogens is 1. The number of likely N-dealkylation sites (N-methyl/N-ethyl adjacent to an activating group) is 1. The van der Waals surface area contributed by atoms with Crippen molar-refractivity contribution in [1.29, 1.82) is 0 Å². The molecule has 1 aliphatic heterocycles. The third-order valence-corrected chi connectivity index (χ3v) is 5.87. The Balaban J connectivity index is 1.80. The largest absolute Gasteiger partial charge is 0.494 e. The Kier molecular flexibility index (Phi) is 5.60. The summed E-state index contributed by atoms with van der Waals surface area (Å²) in [4.78, 5) is 4.51. The molecular formula is C22H29FN6O. The molecule has 160 valence electrons. The van der Waals surface area contributed by atoms with E-state index in [0.29, 0.717) is 24.1 Å². The fourth-order valence-corrected chi connectivity index (χ4v) is 4.24. The summed E-state index contributed by atoms with van der Waals surface area (Å²) < 4.78 is 21.9. The second kappa shape index (κ2) is 8.18. The van der Waals surface area contributed by atoms with Crippen LogP contribution in [0.1, 0.15) is 31.2 Å². The number of aryl methyl sites for hydroxylation is 2. The van der Waals surface area contributed by atoms with Crippen LogP contribution in [0.15, 0.2) is 18.2 Å². The molecule has 8 heteroatoms. The van der Waals surface area contributed by atoms with Gasteiger partial charge in [-0.15, -0.1) is 5.10 Å². The number of piperidine rings is 1. The predicted octanol–water partition coefficient (Wildman–Crippen LogP) is 3.50. The van der Waals surface area contributed by atoms with Crippen molar-refractivity contribution in [2.45, 2.75) is 39.7 Å². The monoisotopic (exact) mass is 412 g/mol. The zero-order valence-electron chi connectivity index (χ0n) is 18.3. The molecule has 0 unspecified atom stereocenters. The van der Waals surface area contributed by atoms with Gasteiger partial charge >= 0.3 is 0 Å². The number of benzene rings is 1. The molecule has 0 saturated carbocycles. The van der Waals surface area contributed by atoms with Gasteiger partial charge < -0.3 is 14.5 Å². The summed E-state index contributed by atoms with van der Waals surface area (Å²) >= 11 is 0. The van der Waals surface area contributed by atoms with Crippen molar-refractivity contribution in [2.75, 3.05) is 38.7 Å². The number of rotatable bonds is 5. The van der Waals surface area contributed by atoms with Crippen LogP contribution in [-0.4, -0.2) is 64.7 Å². The van der Waals surface area contributed by atoms with E-state index >= 15 is 0 Å². The first-order chi connectivity index (χ1) is 14.4. The van der Waals surface area contributed by atoms with Crippen molar-refractivity contribution in [3.63, 3.8) is 0 Å². The molecule has 1 fully saturated rings. The van der Waals surface area contributed by atoms with Gasteiger partial charge in [0.15, 0.2) is 11.6 Å². The van der Waals surface area contributed by atoms with Crippen molar-refractivity contribution in [3.8, 4) is 11.4 Å². The number of ether oxygens (including phenoxy) is 1. The minimum Gasteiger partial charge on any atom is -0.494 e. The highest BCUT2D eigenvalue weighted by molar-refractivity contribution is 5.92. The zero-order chi connectivity index (χ0) is 21.4. The van der Waals surface area contributed by atoms with Gasteiger partial charge in [-0.2, -0.15) is 10.2 Å². The zero-order valence-corrected chi connectivity index (χ0v) is 18.3. The average Bonchev–Trinajstić information content (AvgIpc) is 3.06. The van der Waals surface area contributed by atoms with Crippen molar-refractivity contribution < 1.29 is 9.13 Å². The molecule has 0 spiro atoms. The molecule has 4 rings (SSSR count). The molecule has 0 bridgehead atoms. The Morgan fingerprint density at radius 3 is 2.73 bits per heavy atom. The lowest BCUT2D eigenvalue weighted by molar-refractivity contribution is 0.257. The molecule has 2 aromatic heterocycles. The molecule has 1 aromatic carbocycles. The molecule has 7 nitrogen and oxygen atoms in total. The average molecular weight is 413 g/mol. The molecule has 1 saturated heterocycles. The molecule has 0 radical (unpaired) electrons. The first-order valence-electron chi connectivity index (χ1n) is 10.5. The number of hydrogen-bond donors (Lipinski definition) is 0. The van der Waals surface area contributed by atoms with Crippen molar-refractivity contribution in [3.05, 3.63) is 35.4 Å². The van der Waals surface area contributed by atoms with Gasteiger partial charge in [-0.1, -0.05) is 0 Å². The van der Waals surface area contributed by atoms with Crippen LogP contribution in [-0.2, 0) is 0 Å². The van der Waals surface area contributed by atoms with Crippen LogP contribution in [0.25, 0.3) is 16.6 Å². The molecule has 3 aromatic rings. The van der Waals surface area contributed by atoms with Crippen LogP contribution >= 0.6 is 0 Å². The highest BCUT2D eigenvalue weighted by Crippen LogP contribution is 2.32. The number of anilines is 1. The Hall–Kier alpha value is -2.74. The summed E-state index contributed by atoms with van der Waals surface area (Å²) in [5.74, 6) is 0.911. The van der Waals surface area contributed by atoms with Crippen LogP contribution in [0.3, 0.4) is 0 Å². The molecular weight excluding hydrogens is 383 g/mol. The van der Waals surface area contributed by atoms with Gasteiger partial charge in [-0.25, -0.2) is 9.07 Å². The van der Waals surface area contributed by atoms with Gasteiger partial charge in [0.05, 0.1) is 23.4 Å². The first-order valence-corrected chi connectivity index (χ1v) is 10.5. The fraction of sp³-hybridized carbons (Fsp3) is 0.500. The summed E-state index contributed by atoms with van der Waals surface area (Å²) in [5.41, 5.74) is 2.81. The van der Waals surface area contributed by atoms with Crippen molar-refractivity contribution in [2.24, 2.45) is 0 Å². The minimum absolute atomic E-state index is 0.373. The van der Waals surface area contributed by atoms with E-state index in [1.165, 1.54) is 6.07 Å². The number of hydrogen-bond acceptors (Lipinski definition) is 6. The second-order valence-electron chi connectivity index (χ2n) is 8.08. The van der Waals surface area contributed by atoms with E-state index in [4.69, 9.17) is 9.84 Å². The summed E-state index contributed by atoms with van der Waals surface area (Å²) in [6.07, 6.45) is 2.25. The van der Waals surface area contributed by atoms with Crippen LogP contribution in [0.4, 0.5) is 10.2 Å². The highest BCUT2D eigenvalue weighted by Gasteiger charge is 2.27. The molecule has 30 heavy (non-hydrogen) atoms. The molecule has 3 heterocycles. The van der Waals surface area contributed by atoms with Gasteiger partial charge in [-0.3, -0.25) is 0 Å². The Bertz CT molecular complexity index is 1060. The van der Waals surface area contributed by atoms with E-state index in [0.717, 1.165) is 54.0 Å². The smallest absolute Gasteiger partial charge is 0.179 e. The summed E-state index contributed by atoms with van der Waals surface area (Å²) in [7, 11) is 4.22. The van der Waals surface area contributed by atoms with E-state index in [1.807, 2.05) is 20.8 Å². The Morgan fingerprint density at radius 1 is 1.23 bits per heavy atom. The number of nitrogens with zero attached hydrogens (tertiary/aromatic N) is 6. The Labute approximate surface area is 176 Å². The summed E-state index contributed by atoms with van der Waals surface area (Å²) in [6, 6.07) is 5.34. The molecule has 1 aliphatic rings. The maximum absolute atomic E-state index is 14.9. The lowest BCUT2D eigenvalue weighted by atomic mass is 10.0. The van der Waals surface area contributed by atoms with E-state index < -0.39 is 0 Å². The molecule has 1 atom stereocenters. The lowest BCUT2D eigenvalue weighted by Crippen LogP contribution is -2.45. The van der Waals surface area contributed by atoms with Gasteiger partial charge in [0, 0.05) is 25.2 Å². The third kappa shape index (κ3) is 3.60. The van der Waals surface area contributed by atoms with Crippen molar-refractivity contribution >= 4 is 16.7 Å². The van der Waals surface area contributed by atoms with E-state index in [1.54, 1.807) is 16.8 Å². The number of aromatic nitrogens is 4. The standard InChI is InChI=1S/C22H29FN6O/c1-6-30-17-9-10-19(18(23)12-17)29-15(3)20-14(2)24-25-22(21(20)26-29)28-11-7-8-16(13-28)27(4)5/h9-10,12,16H,6-8,11,13H2,1-5H3/t16-/m0/s1.